The van der Waals surface area contributed by atoms with Crippen LogP contribution in [0.1, 0.15) is 50.6 Å². The normalized spacial score (nSPS) is 19.1. The second-order valence-corrected chi connectivity index (χ2v) is 7.67. The summed E-state index contributed by atoms with van der Waals surface area (Å²) in [7, 11) is 1.62. The average Bonchev–Trinajstić information content (AvgIpc) is 2.99. The van der Waals surface area contributed by atoms with Crippen LogP contribution in [0.3, 0.4) is 0 Å². The molecule has 5 heteroatoms. The van der Waals surface area contributed by atoms with Crippen LogP contribution in [-0.4, -0.2) is 42.6 Å². The standard InChI is InChI=1S/C20H28N2O3/c1-14-7-5-6-10-22(14)13-20(2,3)21-19(23)18-12-15-11-16(24-4)8-9-17(15)25-18/h8-9,11-12,14H,5-7,10,13H2,1-4H3,(H,21,23). The maximum absolute atomic E-state index is 12.7. The lowest BCUT2D eigenvalue weighted by molar-refractivity contribution is 0.0811. The maximum Gasteiger partial charge on any atom is 0.287 e. The van der Waals surface area contributed by atoms with Crippen molar-refractivity contribution in [2.24, 2.45) is 0 Å². The van der Waals surface area contributed by atoms with Crippen LogP contribution in [-0.2, 0) is 0 Å². The van der Waals surface area contributed by atoms with Crippen LogP contribution in [0.15, 0.2) is 28.7 Å². The van der Waals surface area contributed by atoms with Crippen molar-refractivity contribution in [2.45, 2.75) is 51.6 Å². The Balaban J connectivity index is 1.69. The molecule has 1 aliphatic rings. The Morgan fingerprint density at radius 1 is 1.36 bits per heavy atom. The van der Waals surface area contributed by atoms with E-state index in [4.69, 9.17) is 9.15 Å². The number of furan rings is 1. The molecule has 1 saturated heterocycles. The minimum Gasteiger partial charge on any atom is -0.497 e. The smallest absolute Gasteiger partial charge is 0.287 e. The van der Waals surface area contributed by atoms with Gasteiger partial charge in [-0.25, -0.2) is 0 Å². The molecule has 1 fully saturated rings. The van der Waals surface area contributed by atoms with Gasteiger partial charge in [0.1, 0.15) is 11.3 Å². The Bertz CT molecular complexity index is 750. The van der Waals surface area contributed by atoms with Crippen LogP contribution in [0, 0.1) is 0 Å². The minimum atomic E-state index is -0.320. The third-order valence-corrected chi connectivity index (χ3v) is 4.94. The number of hydrogen-bond donors (Lipinski definition) is 1. The number of nitrogens with one attached hydrogen (secondary N) is 1. The molecule has 1 unspecified atom stereocenters. The highest BCUT2D eigenvalue weighted by Crippen LogP contribution is 2.25. The van der Waals surface area contributed by atoms with E-state index in [9.17, 15) is 4.79 Å². The van der Waals surface area contributed by atoms with Crippen LogP contribution in [0.25, 0.3) is 11.0 Å². The molecule has 1 aromatic heterocycles. The summed E-state index contributed by atoms with van der Waals surface area (Å²) in [5, 5.41) is 3.99. The minimum absolute atomic E-state index is 0.176. The van der Waals surface area contributed by atoms with E-state index in [0.717, 1.165) is 24.2 Å². The average molecular weight is 344 g/mol. The van der Waals surface area contributed by atoms with Crippen molar-refractivity contribution in [1.29, 1.82) is 0 Å². The van der Waals surface area contributed by atoms with E-state index in [2.05, 4.69) is 31.0 Å². The number of carbonyl (C=O) groups is 1. The lowest BCUT2D eigenvalue weighted by Gasteiger charge is -2.39. The number of nitrogens with zero attached hydrogens (tertiary/aromatic N) is 1. The van der Waals surface area contributed by atoms with Crippen molar-refractivity contribution in [3.05, 3.63) is 30.0 Å². The fraction of sp³-hybridized carbons (Fsp3) is 0.550. The molecule has 0 radical (unpaired) electrons. The number of hydrogen-bond acceptors (Lipinski definition) is 4. The Kier molecular flexibility index (Phi) is 5.04. The van der Waals surface area contributed by atoms with Crippen molar-refractivity contribution in [2.75, 3.05) is 20.2 Å². The number of rotatable bonds is 5. The van der Waals surface area contributed by atoms with Crippen LogP contribution < -0.4 is 10.1 Å². The molecule has 1 atom stereocenters. The summed E-state index contributed by atoms with van der Waals surface area (Å²) in [6.07, 6.45) is 3.77. The highest BCUT2D eigenvalue weighted by Gasteiger charge is 2.29. The fourth-order valence-corrected chi connectivity index (χ4v) is 3.57. The molecule has 136 valence electrons. The molecule has 2 aromatic rings. The Hall–Kier alpha value is -2.01. The third kappa shape index (κ3) is 4.15. The molecule has 1 aromatic carbocycles. The fourth-order valence-electron chi connectivity index (χ4n) is 3.57. The van der Waals surface area contributed by atoms with Gasteiger partial charge in [-0.1, -0.05) is 6.42 Å². The topological polar surface area (TPSA) is 54.7 Å². The van der Waals surface area contributed by atoms with E-state index in [0.29, 0.717) is 17.4 Å². The number of amides is 1. The summed E-state index contributed by atoms with van der Waals surface area (Å²) in [4.78, 5) is 15.1. The SMILES string of the molecule is COc1ccc2oc(C(=O)NC(C)(C)CN3CCCCC3C)cc2c1. The van der Waals surface area contributed by atoms with Gasteiger partial charge in [-0.15, -0.1) is 0 Å². The molecule has 0 aliphatic carbocycles. The molecule has 0 spiro atoms. The molecule has 0 bridgehead atoms. The molecule has 1 N–H and O–H groups in total. The van der Waals surface area contributed by atoms with Gasteiger partial charge >= 0.3 is 0 Å². The van der Waals surface area contributed by atoms with E-state index < -0.39 is 0 Å². The van der Waals surface area contributed by atoms with Crippen LogP contribution in [0.4, 0.5) is 0 Å². The Labute approximate surface area is 149 Å². The van der Waals surface area contributed by atoms with Crippen molar-refractivity contribution < 1.29 is 13.9 Å². The van der Waals surface area contributed by atoms with Crippen LogP contribution in [0.2, 0.25) is 0 Å². The number of benzene rings is 1. The lowest BCUT2D eigenvalue weighted by atomic mass is 9.98. The predicted octanol–water partition coefficient (Wildman–Crippen LogP) is 3.82. The zero-order chi connectivity index (χ0) is 18.0. The largest absolute Gasteiger partial charge is 0.497 e. The molecule has 5 nitrogen and oxygen atoms in total. The van der Waals surface area contributed by atoms with Gasteiger partial charge in [0.05, 0.1) is 7.11 Å². The highest BCUT2D eigenvalue weighted by atomic mass is 16.5. The van der Waals surface area contributed by atoms with E-state index >= 15 is 0 Å². The van der Waals surface area contributed by atoms with Gasteiger partial charge in [0.25, 0.3) is 5.91 Å². The van der Waals surface area contributed by atoms with Gasteiger partial charge in [-0.05, 0) is 64.4 Å². The van der Waals surface area contributed by atoms with Crippen molar-refractivity contribution in [3.8, 4) is 5.75 Å². The molecular formula is C20H28N2O3. The van der Waals surface area contributed by atoms with Crippen molar-refractivity contribution in [3.63, 3.8) is 0 Å². The second kappa shape index (κ2) is 7.08. The quantitative estimate of drug-likeness (QED) is 0.896. The molecule has 25 heavy (non-hydrogen) atoms. The summed E-state index contributed by atoms with van der Waals surface area (Å²) < 4.78 is 10.9. The molecule has 3 rings (SSSR count). The van der Waals surface area contributed by atoms with Gasteiger partial charge in [-0.2, -0.15) is 0 Å². The highest BCUT2D eigenvalue weighted by molar-refractivity contribution is 5.96. The molecule has 1 aliphatic heterocycles. The summed E-state index contributed by atoms with van der Waals surface area (Å²) in [5.74, 6) is 0.910. The number of carbonyl (C=O) groups excluding carboxylic acids is 1. The molecule has 1 amide bonds. The van der Waals surface area contributed by atoms with E-state index in [1.54, 1.807) is 13.2 Å². The summed E-state index contributed by atoms with van der Waals surface area (Å²) in [5.41, 5.74) is 0.368. The van der Waals surface area contributed by atoms with Gasteiger partial charge in [0.15, 0.2) is 5.76 Å². The number of piperidine rings is 1. The van der Waals surface area contributed by atoms with Gasteiger partial charge in [0.2, 0.25) is 0 Å². The van der Waals surface area contributed by atoms with Crippen LogP contribution >= 0.6 is 0 Å². The molecule has 2 heterocycles. The summed E-state index contributed by atoms with van der Waals surface area (Å²) in [6.45, 7) is 8.35. The van der Waals surface area contributed by atoms with Gasteiger partial charge in [0, 0.05) is 23.5 Å². The Morgan fingerprint density at radius 3 is 2.88 bits per heavy atom. The Morgan fingerprint density at radius 2 is 2.16 bits per heavy atom. The predicted molar refractivity (Wildman–Crippen MR) is 99.2 cm³/mol. The molecular weight excluding hydrogens is 316 g/mol. The van der Waals surface area contributed by atoms with Gasteiger partial charge < -0.3 is 14.5 Å². The van der Waals surface area contributed by atoms with E-state index in [-0.39, 0.29) is 11.4 Å². The molecule has 0 saturated carbocycles. The van der Waals surface area contributed by atoms with E-state index in [1.807, 2.05) is 18.2 Å². The first-order valence-electron chi connectivity index (χ1n) is 9.02. The zero-order valence-electron chi connectivity index (χ0n) is 15.6. The third-order valence-electron chi connectivity index (χ3n) is 4.94. The maximum atomic E-state index is 12.7. The lowest BCUT2D eigenvalue weighted by Crippen LogP contribution is -2.54. The zero-order valence-corrected chi connectivity index (χ0v) is 15.6. The van der Waals surface area contributed by atoms with Crippen LogP contribution in [0.5, 0.6) is 5.75 Å². The first-order chi connectivity index (χ1) is 11.9. The summed E-state index contributed by atoms with van der Waals surface area (Å²) >= 11 is 0. The van der Waals surface area contributed by atoms with E-state index in [1.165, 1.54) is 19.3 Å². The number of ether oxygens (including phenoxy) is 1. The number of methoxy groups -OCH3 is 1. The first kappa shape index (κ1) is 17.8. The van der Waals surface area contributed by atoms with Crippen molar-refractivity contribution in [1.82, 2.24) is 10.2 Å². The second-order valence-electron chi connectivity index (χ2n) is 7.67. The number of fused-ring (bicyclic) bond motifs is 1. The summed E-state index contributed by atoms with van der Waals surface area (Å²) in [6, 6.07) is 7.87. The van der Waals surface area contributed by atoms with Gasteiger partial charge in [-0.3, -0.25) is 9.69 Å². The first-order valence-corrected chi connectivity index (χ1v) is 9.02. The van der Waals surface area contributed by atoms with Crippen molar-refractivity contribution >= 4 is 16.9 Å². The number of likely N-dealkylation sites (tertiary alicyclic amines) is 1. The monoisotopic (exact) mass is 344 g/mol.